The van der Waals surface area contributed by atoms with Gasteiger partial charge in [-0.05, 0) is 43.2 Å². The average Bonchev–Trinajstić information content (AvgIpc) is 2.54. The van der Waals surface area contributed by atoms with Crippen molar-refractivity contribution in [3.05, 3.63) is 59.2 Å². The first kappa shape index (κ1) is 18.3. The van der Waals surface area contributed by atoms with Crippen LogP contribution in [-0.4, -0.2) is 38.5 Å². The van der Waals surface area contributed by atoms with Crippen molar-refractivity contribution < 1.29 is 14.6 Å². The molecule has 130 valence electrons. The molecule has 0 saturated heterocycles. The van der Waals surface area contributed by atoms with Crippen LogP contribution in [0.5, 0.6) is 5.75 Å². The second-order valence-corrected chi connectivity index (χ2v) is 6.19. The molecule has 0 heterocycles. The molecule has 0 saturated carbocycles. The van der Waals surface area contributed by atoms with Crippen molar-refractivity contribution in [2.75, 3.05) is 32.2 Å². The lowest BCUT2D eigenvalue weighted by Gasteiger charge is -2.24. The molecule has 0 radical (unpaired) electrons. The third-order valence-corrected chi connectivity index (χ3v) is 3.96. The van der Waals surface area contributed by atoms with Crippen molar-refractivity contribution in [2.45, 2.75) is 26.6 Å². The topological polar surface area (TPSA) is 41.9 Å². The van der Waals surface area contributed by atoms with Gasteiger partial charge in [0, 0.05) is 19.3 Å². The molecule has 0 bridgehead atoms. The Labute approximate surface area is 144 Å². The highest BCUT2D eigenvalue weighted by Crippen LogP contribution is 2.20. The summed E-state index contributed by atoms with van der Waals surface area (Å²) in [6.45, 7) is 5.46. The minimum atomic E-state index is -0.540. The third-order valence-electron chi connectivity index (χ3n) is 3.96. The number of hydrogen-bond acceptors (Lipinski definition) is 4. The van der Waals surface area contributed by atoms with Crippen LogP contribution < -0.4 is 9.64 Å². The molecule has 2 aromatic carbocycles. The minimum absolute atomic E-state index is 0.298. The summed E-state index contributed by atoms with van der Waals surface area (Å²) in [5.41, 5.74) is 4.62. The van der Waals surface area contributed by atoms with Crippen molar-refractivity contribution in [3.8, 4) is 5.75 Å². The van der Waals surface area contributed by atoms with Gasteiger partial charge in [-0.2, -0.15) is 0 Å². The maximum absolute atomic E-state index is 10.2. The number of rotatable bonds is 8. The lowest BCUT2D eigenvalue weighted by atomic mass is 10.1. The highest BCUT2D eigenvalue weighted by molar-refractivity contribution is 5.53. The number of hydrogen-bond donors (Lipinski definition) is 1. The first-order valence-corrected chi connectivity index (χ1v) is 8.16. The molecule has 0 aliphatic heterocycles. The molecule has 0 fully saturated rings. The number of benzene rings is 2. The summed E-state index contributed by atoms with van der Waals surface area (Å²) in [6.07, 6.45) is -0.540. The Kier molecular flexibility index (Phi) is 6.64. The van der Waals surface area contributed by atoms with E-state index in [2.05, 4.69) is 36.9 Å². The molecule has 0 amide bonds. The summed E-state index contributed by atoms with van der Waals surface area (Å²) in [4.78, 5) is 2.06. The fraction of sp³-hybridized carbons (Fsp3) is 0.400. The van der Waals surface area contributed by atoms with E-state index < -0.39 is 6.10 Å². The van der Waals surface area contributed by atoms with Gasteiger partial charge in [0.15, 0.2) is 0 Å². The Morgan fingerprint density at radius 3 is 2.62 bits per heavy atom. The second kappa shape index (κ2) is 8.71. The van der Waals surface area contributed by atoms with E-state index in [1.807, 2.05) is 31.3 Å². The molecule has 0 aromatic heterocycles. The zero-order valence-corrected chi connectivity index (χ0v) is 15.0. The number of ether oxygens (including phenoxy) is 2. The average molecular weight is 329 g/mol. The van der Waals surface area contributed by atoms with Crippen LogP contribution in [0.2, 0.25) is 0 Å². The summed E-state index contributed by atoms with van der Waals surface area (Å²) in [5.74, 6) is 0.811. The normalized spacial score (nSPS) is 12.0. The van der Waals surface area contributed by atoms with E-state index in [1.165, 1.54) is 11.1 Å². The Morgan fingerprint density at radius 2 is 1.92 bits per heavy atom. The maximum Gasteiger partial charge on any atom is 0.119 e. The second-order valence-electron chi connectivity index (χ2n) is 6.19. The van der Waals surface area contributed by atoms with E-state index >= 15 is 0 Å². The summed E-state index contributed by atoms with van der Waals surface area (Å²) in [5, 5.41) is 10.2. The lowest BCUT2D eigenvalue weighted by molar-refractivity contribution is 0.0324. The summed E-state index contributed by atoms with van der Waals surface area (Å²) in [7, 11) is 3.63. The van der Waals surface area contributed by atoms with Gasteiger partial charge < -0.3 is 19.5 Å². The molecule has 1 N–H and O–H groups in total. The van der Waals surface area contributed by atoms with Crippen LogP contribution in [0, 0.1) is 13.8 Å². The largest absolute Gasteiger partial charge is 0.497 e. The van der Waals surface area contributed by atoms with E-state index in [0.29, 0.717) is 19.8 Å². The summed E-state index contributed by atoms with van der Waals surface area (Å²) < 4.78 is 10.8. The Balaban J connectivity index is 1.81. The number of aryl methyl sites for hydroxylation is 2. The zero-order chi connectivity index (χ0) is 17.5. The molecule has 24 heavy (non-hydrogen) atoms. The van der Waals surface area contributed by atoms with Gasteiger partial charge in [0.1, 0.15) is 5.75 Å². The van der Waals surface area contributed by atoms with Gasteiger partial charge >= 0.3 is 0 Å². The fourth-order valence-corrected chi connectivity index (χ4v) is 2.78. The van der Waals surface area contributed by atoms with Crippen LogP contribution in [0.25, 0.3) is 0 Å². The number of nitrogens with zero attached hydrogens (tertiary/aromatic N) is 1. The SMILES string of the molecule is COc1cccc(COC[C@H](O)CN(C)c2ccc(C)cc2C)c1. The van der Waals surface area contributed by atoms with E-state index in [-0.39, 0.29) is 0 Å². The maximum atomic E-state index is 10.2. The number of aliphatic hydroxyl groups excluding tert-OH is 1. The van der Waals surface area contributed by atoms with Gasteiger partial charge in [-0.15, -0.1) is 0 Å². The van der Waals surface area contributed by atoms with Crippen LogP contribution in [0.3, 0.4) is 0 Å². The first-order valence-electron chi connectivity index (χ1n) is 8.16. The predicted molar refractivity (Wildman–Crippen MR) is 97.8 cm³/mol. The molecule has 0 spiro atoms. The van der Waals surface area contributed by atoms with Crippen molar-refractivity contribution in [1.82, 2.24) is 0 Å². The van der Waals surface area contributed by atoms with Gasteiger partial charge in [0.2, 0.25) is 0 Å². The highest BCUT2D eigenvalue weighted by Gasteiger charge is 2.11. The van der Waals surface area contributed by atoms with Crippen LogP contribution in [0.15, 0.2) is 42.5 Å². The van der Waals surface area contributed by atoms with E-state index in [0.717, 1.165) is 17.0 Å². The van der Waals surface area contributed by atoms with Crippen LogP contribution >= 0.6 is 0 Å². The fourth-order valence-electron chi connectivity index (χ4n) is 2.78. The van der Waals surface area contributed by atoms with Gasteiger partial charge in [0.05, 0.1) is 26.4 Å². The van der Waals surface area contributed by atoms with Crippen LogP contribution in [0.1, 0.15) is 16.7 Å². The van der Waals surface area contributed by atoms with E-state index in [1.54, 1.807) is 7.11 Å². The quantitative estimate of drug-likeness (QED) is 0.807. The van der Waals surface area contributed by atoms with Crippen molar-refractivity contribution in [2.24, 2.45) is 0 Å². The van der Waals surface area contributed by atoms with Crippen molar-refractivity contribution >= 4 is 5.69 Å². The summed E-state index contributed by atoms with van der Waals surface area (Å²) in [6, 6.07) is 14.1. The molecule has 2 aromatic rings. The molecule has 1 atom stereocenters. The van der Waals surface area contributed by atoms with Gasteiger partial charge in [-0.25, -0.2) is 0 Å². The van der Waals surface area contributed by atoms with E-state index in [9.17, 15) is 5.11 Å². The zero-order valence-electron chi connectivity index (χ0n) is 15.0. The van der Waals surface area contributed by atoms with Gasteiger partial charge in [0.25, 0.3) is 0 Å². The monoisotopic (exact) mass is 329 g/mol. The Hall–Kier alpha value is -2.04. The van der Waals surface area contributed by atoms with Gasteiger partial charge in [-0.3, -0.25) is 0 Å². The van der Waals surface area contributed by atoms with E-state index in [4.69, 9.17) is 9.47 Å². The number of anilines is 1. The minimum Gasteiger partial charge on any atom is -0.497 e. The molecule has 2 rings (SSSR count). The third kappa shape index (κ3) is 5.25. The van der Waals surface area contributed by atoms with Gasteiger partial charge in [-0.1, -0.05) is 29.8 Å². The van der Waals surface area contributed by atoms with Crippen LogP contribution in [0.4, 0.5) is 5.69 Å². The molecular weight excluding hydrogens is 302 g/mol. The highest BCUT2D eigenvalue weighted by atomic mass is 16.5. The lowest BCUT2D eigenvalue weighted by Crippen LogP contribution is -2.32. The van der Waals surface area contributed by atoms with Crippen molar-refractivity contribution in [3.63, 3.8) is 0 Å². The molecule has 4 heteroatoms. The molecule has 4 nitrogen and oxygen atoms in total. The summed E-state index contributed by atoms with van der Waals surface area (Å²) >= 11 is 0. The molecule has 0 aliphatic rings. The number of methoxy groups -OCH3 is 1. The number of aliphatic hydroxyl groups is 1. The molecule has 0 aliphatic carbocycles. The van der Waals surface area contributed by atoms with Crippen molar-refractivity contribution in [1.29, 1.82) is 0 Å². The smallest absolute Gasteiger partial charge is 0.119 e. The first-order chi connectivity index (χ1) is 11.5. The predicted octanol–water partition coefficient (Wildman–Crippen LogP) is 3.33. The molecule has 0 unspecified atom stereocenters. The molecular formula is C20H27NO3. The standard InChI is InChI=1S/C20H27NO3/c1-15-8-9-20(16(2)10-15)21(3)12-18(22)14-24-13-17-6-5-7-19(11-17)23-4/h5-11,18,22H,12-14H2,1-4H3/t18-/m1/s1. The Bertz CT molecular complexity index is 657. The van der Waals surface area contributed by atoms with Crippen LogP contribution in [-0.2, 0) is 11.3 Å². The number of likely N-dealkylation sites (N-methyl/N-ethyl adjacent to an activating group) is 1. The Morgan fingerprint density at radius 1 is 1.12 bits per heavy atom.